The van der Waals surface area contributed by atoms with Crippen molar-refractivity contribution in [2.45, 2.75) is 19.9 Å². The SMILES string of the molecule is COc1ccc(CN(C)C(=O)C(C)CCN)cc1F. The fourth-order valence-corrected chi connectivity index (χ4v) is 1.91. The Bertz CT molecular complexity index is 437. The maximum Gasteiger partial charge on any atom is 0.225 e. The summed E-state index contributed by atoms with van der Waals surface area (Å²) in [5.74, 6) is -0.315. The lowest BCUT2D eigenvalue weighted by atomic mass is 10.1. The Labute approximate surface area is 113 Å². The van der Waals surface area contributed by atoms with Crippen molar-refractivity contribution in [2.75, 3.05) is 20.7 Å². The van der Waals surface area contributed by atoms with Crippen molar-refractivity contribution in [3.63, 3.8) is 0 Å². The van der Waals surface area contributed by atoms with Crippen molar-refractivity contribution in [1.29, 1.82) is 0 Å². The highest BCUT2D eigenvalue weighted by Gasteiger charge is 2.17. The van der Waals surface area contributed by atoms with Gasteiger partial charge in [0.2, 0.25) is 5.91 Å². The van der Waals surface area contributed by atoms with Crippen LogP contribution >= 0.6 is 0 Å². The molecule has 0 aliphatic carbocycles. The van der Waals surface area contributed by atoms with Crippen LogP contribution in [0.25, 0.3) is 0 Å². The summed E-state index contributed by atoms with van der Waals surface area (Å²) in [5, 5.41) is 0. The van der Waals surface area contributed by atoms with E-state index in [9.17, 15) is 9.18 Å². The quantitative estimate of drug-likeness (QED) is 0.855. The van der Waals surface area contributed by atoms with Gasteiger partial charge >= 0.3 is 0 Å². The standard InChI is InChI=1S/C14H21FN2O2/c1-10(6-7-16)14(18)17(2)9-11-4-5-13(19-3)12(15)8-11/h4-5,8,10H,6-7,9,16H2,1-3H3. The summed E-state index contributed by atoms with van der Waals surface area (Å²) in [4.78, 5) is 13.6. The molecule has 1 aromatic rings. The third-order valence-corrected chi connectivity index (χ3v) is 3.03. The van der Waals surface area contributed by atoms with Crippen LogP contribution in [0.4, 0.5) is 4.39 Å². The van der Waals surface area contributed by atoms with Gasteiger partial charge in [0, 0.05) is 19.5 Å². The van der Waals surface area contributed by atoms with Crippen LogP contribution in [0.3, 0.4) is 0 Å². The number of hydrogen-bond donors (Lipinski definition) is 1. The molecule has 19 heavy (non-hydrogen) atoms. The van der Waals surface area contributed by atoms with E-state index in [2.05, 4.69) is 0 Å². The van der Waals surface area contributed by atoms with Crippen LogP contribution in [0.5, 0.6) is 5.75 Å². The van der Waals surface area contributed by atoms with E-state index < -0.39 is 5.82 Å². The summed E-state index contributed by atoms with van der Waals surface area (Å²) < 4.78 is 18.4. The van der Waals surface area contributed by atoms with Gasteiger partial charge in [-0.25, -0.2) is 4.39 Å². The molecule has 0 fully saturated rings. The number of nitrogens with zero attached hydrogens (tertiary/aromatic N) is 1. The molecule has 0 aliphatic heterocycles. The Morgan fingerprint density at radius 2 is 2.21 bits per heavy atom. The molecule has 0 bridgehead atoms. The molecule has 1 unspecified atom stereocenters. The molecule has 0 heterocycles. The van der Waals surface area contributed by atoms with Crippen LogP contribution in [-0.4, -0.2) is 31.5 Å². The number of rotatable bonds is 6. The maximum atomic E-state index is 13.5. The van der Waals surface area contributed by atoms with Crippen LogP contribution < -0.4 is 10.5 Å². The molecule has 0 saturated heterocycles. The summed E-state index contributed by atoms with van der Waals surface area (Å²) in [6.07, 6.45) is 0.653. The lowest BCUT2D eigenvalue weighted by Crippen LogP contribution is -2.32. The zero-order chi connectivity index (χ0) is 14.4. The number of carbonyl (C=O) groups excluding carboxylic acids is 1. The molecular formula is C14H21FN2O2. The van der Waals surface area contributed by atoms with Gasteiger partial charge in [-0.3, -0.25) is 4.79 Å². The Kier molecular flexibility index (Phi) is 5.76. The number of hydrogen-bond acceptors (Lipinski definition) is 3. The summed E-state index contributed by atoms with van der Waals surface area (Å²) in [6, 6.07) is 4.70. The fourth-order valence-electron chi connectivity index (χ4n) is 1.91. The van der Waals surface area contributed by atoms with E-state index >= 15 is 0 Å². The molecule has 0 spiro atoms. The van der Waals surface area contributed by atoms with E-state index in [4.69, 9.17) is 10.5 Å². The average molecular weight is 268 g/mol. The highest BCUT2D eigenvalue weighted by Crippen LogP contribution is 2.19. The summed E-state index contributed by atoms with van der Waals surface area (Å²) in [6.45, 7) is 2.70. The molecule has 1 atom stereocenters. The lowest BCUT2D eigenvalue weighted by molar-refractivity contribution is -0.134. The smallest absolute Gasteiger partial charge is 0.225 e. The number of halogens is 1. The minimum absolute atomic E-state index is 0.0154. The minimum atomic E-state index is -0.421. The molecule has 0 aliphatic rings. The van der Waals surface area contributed by atoms with E-state index in [0.717, 1.165) is 5.56 Å². The van der Waals surface area contributed by atoms with Gasteiger partial charge in [0.25, 0.3) is 0 Å². The topological polar surface area (TPSA) is 55.6 Å². The number of nitrogens with two attached hydrogens (primary N) is 1. The highest BCUT2D eigenvalue weighted by molar-refractivity contribution is 5.78. The van der Waals surface area contributed by atoms with Gasteiger partial charge in [-0.15, -0.1) is 0 Å². The number of benzene rings is 1. The molecule has 0 saturated carbocycles. The van der Waals surface area contributed by atoms with Crippen LogP contribution in [0.1, 0.15) is 18.9 Å². The van der Waals surface area contributed by atoms with Crippen molar-refractivity contribution in [3.05, 3.63) is 29.6 Å². The fraction of sp³-hybridized carbons (Fsp3) is 0.500. The lowest BCUT2D eigenvalue weighted by Gasteiger charge is -2.21. The molecule has 1 amide bonds. The second-order valence-electron chi connectivity index (χ2n) is 4.64. The van der Waals surface area contributed by atoms with E-state index in [-0.39, 0.29) is 17.6 Å². The van der Waals surface area contributed by atoms with Gasteiger partial charge in [0.15, 0.2) is 11.6 Å². The van der Waals surface area contributed by atoms with Crippen molar-refractivity contribution in [1.82, 2.24) is 4.90 Å². The van der Waals surface area contributed by atoms with Gasteiger partial charge in [0.1, 0.15) is 0 Å². The van der Waals surface area contributed by atoms with Crippen molar-refractivity contribution in [2.24, 2.45) is 11.7 Å². The van der Waals surface area contributed by atoms with Crippen molar-refractivity contribution < 1.29 is 13.9 Å². The predicted molar refractivity (Wildman–Crippen MR) is 72.3 cm³/mol. The summed E-state index contributed by atoms with van der Waals surface area (Å²) in [7, 11) is 3.12. The first-order chi connectivity index (χ1) is 8.99. The summed E-state index contributed by atoms with van der Waals surface area (Å²) >= 11 is 0. The number of amides is 1. The third kappa shape index (κ3) is 4.21. The molecule has 5 heteroatoms. The number of ether oxygens (including phenoxy) is 1. The first kappa shape index (κ1) is 15.4. The minimum Gasteiger partial charge on any atom is -0.494 e. The molecule has 1 rings (SSSR count). The second-order valence-corrected chi connectivity index (χ2v) is 4.64. The van der Waals surface area contributed by atoms with Gasteiger partial charge in [-0.2, -0.15) is 0 Å². The highest BCUT2D eigenvalue weighted by atomic mass is 19.1. The zero-order valence-corrected chi connectivity index (χ0v) is 11.6. The molecule has 1 aromatic carbocycles. The molecule has 0 aromatic heterocycles. The van der Waals surface area contributed by atoms with Gasteiger partial charge in [0.05, 0.1) is 7.11 Å². The average Bonchev–Trinajstić information content (AvgIpc) is 2.38. The number of methoxy groups -OCH3 is 1. The van der Waals surface area contributed by atoms with E-state index in [0.29, 0.717) is 19.5 Å². The molecule has 2 N–H and O–H groups in total. The maximum absolute atomic E-state index is 13.5. The van der Waals surface area contributed by atoms with Gasteiger partial charge in [-0.1, -0.05) is 13.0 Å². The Balaban J connectivity index is 2.68. The largest absolute Gasteiger partial charge is 0.494 e. The zero-order valence-electron chi connectivity index (χ0n) is 11.6. The Morgan fingerprint density at radius 1 is 1.53 bits per heavy atom. The molecule has 106 valence electrons. The van der Waals surface area contributed by atoms with Crippen LogP contribution in [0.15, 0.2) is 18.2 Å². The Hall–Kier alpha value is -1.62. The third-order valence-electron chi connectivity index (χ3n) is 3.03. The predicted octanol–water partition coefficient (Wildman–Crippen LogP) is 1.78. The van der Waals surface area contributed by atoms with Gasteiger partial charge < -0.3 is 15.4 Å². The first-order valence-electron chi connectivity index (χ1n) is 6.27. The normalized spacial score (nSPS) is 12.1. The van der Waals surface area contributed by atoms with Crippen molar-refractivity contribution in [3.8, 4) is 5.75 Å². The van der Waals surface area contributed by atoms with Crippen LogP contribution in [-0.2, 0) is 11.3 Å². The Morgan fingerprint density at radius 3 is 2.74 bits per heavy atom. The molecule has 4 nitrogen and oxygen atoms in total. The molecular weight excluding hydrogens is 247 g/mol. The van der Waals surface area contributed by atoms with E-state index in [1.54, 1.807) is 24.1 Å². The van der Waals surface area contributed by atoms with Gasteiger partial charge in [-0.05, 0) is 30.7 Å². The van der Waals surface area contributed by atoms with E-state index in [1.807, 2.05) is 6.92 Å². The second kappa shape index (κ2) is 7.09. The van der Waals surface area contributed by atoms with Crippen LogP contribution in [0.2, 0.25) is 0 Å². The molecule has 0 radical (unpaired) electrons. The van der Waals surface area contributed by atoms with E-state index in [1.165, 1.54) is 13.2 Å². The number of carbonyl (C=O) groups is 1. The van der Waals surface area contributed by atoms with Crippen molar-refractivity contribution >= 4 is 5.91 Å². The summed E-state index contributed by atoms with van der Waals surface area (Å²) in [5.41, 5.74) is 6.17. The van der Waals surface area contributed by atoms with Crippen LogP contribution in [0, 0.1) is 11.7 Å². The monoisotopic (exact) mass is 268 g/mol. The first-order valence-corrected chi connectivity index (χ1v) is 6.27.